The van der Waals surface area contributed by atoms with Crippen LogP contribution in [-0.2, 0) is 13.9 Å². The lowest BCUT2D eigenvalue weighted by Crippen LogP contribution is -2.41. The molecule has 0 fully saturated rings. The van der Waals surface area contributed by atoms with Crippen molar-refractivity contribution in [2.24, 2.45) is 0 Å². The summed E-state index contributed by atoms with van der Waals surface area (Å²) in [7, 11) is -5.06. The van der Waals surface area contributed by atoms with Crippen LogP contribution in [0.4, 0.5) is 0 Å². The van der Waals surface area contributed by atoms with Crippen LogP contribution in [0.25, 0.3) is 0 Å². The van der Waals surface area contributed by atoms with Gasteiger partial charge in [-0.05, 0) is 32.4 Å². The highest BCUT2D eigenvalue weighted by molar-refractivity contribution is 7.46. The summed E-state index contributed by atoms with van der Waals surface area (Å²) in [6.07, 6.45) is 6.44. The van der Waals surface area contributed by atoms with E-state index < -0.39 is 44.1 Å². The summed E-state index contributed by atoms with van der Waals surface area (Å²) >= 11 is 0. The van der Waals surface area contributed by atoms with Crippen molar-refractivity contribution in [3.05, 3.63) is 60.4 Å². The first-order chi connectivity index (χ1) is 13.8. The molecule has 4 atom stereocenters. The summed E-state index contributed by atoms with van der Waals surface area (Å²) in [5, 5.41) is 48.7. The third-order valence-corrected chi connectivity index (χ3v) is 4.13. The number of rotatable bonds is 13. The lowest BCUT2D eigenvalue weighted by molar-refractivity contribution is -0.131. The van der Waals surface area contributed by atoms with E-state index in [1.165, 1.54) is 18.2 Å². The molecule has 170 valence electrons. The Bertz CT molecular complexity index is 730. The van der Waals surface area contributed by atoms with Gasteiger partial charge in [-0.1, -0.05) is 36.5 Å². The summed E-state index contributed by atoms with van der Waals surface area (Å²) in [5.74, 6) is -1.51. The van der Waals surface area contributed by atoms with Gasteiger partial charge in [0, 0.05) is 12.5 Å². The van der Waals surface area contributed by atoms with Crippen LogP contribution in [0.2, 0.25) is 0 Å². The van der Waals surface area contributed by atoms with Gasteiger partial charge in [-0.2, -0.15) is 0 Å². The molecule has 10 nitrogen and oxygen atoms in total. The van der Waals surface area contributed by atoms with Crippen LogP contribution in [0.15, 0.2) is 60.4 Å². The Morgan fingerprint density at radius 1 is 1.13 bits per heavy atom. The lowest BCUT2D eigenvalue weighted by atomic mass is 9.93. The predicted molar refractivity (Wildman–Crippen MR) is 109 cm³/mol. The zero-order valence-corrected chi connectivity index (χ0v) is 17.5. The third-order valence-electron chi connectivity index (χ3n) is 3.60. The first-order valence-electron chi connectivity index (χ1n) is 8.88. The second-order valence-electron chi connectivity index (χ2n) is 6.49. The molecule has 0 aliphatic heterocycles. The number of aliphatic hydroxyl groups excluding tert-OH is 3. The molecule has 0 saturated carbocycles. The minimum Gasteiger partial charge on any atom is -0.508 e. The molecular weight excluding hydrogens is 419 g/mol. The van der Waals surface area contributed by atoms with Crippen molar-refractivity contribution in [2.75, 3.05) is 0 Å². The summed E-state index contributed by atoms with van der Waals surface area (Å²) in [4.78, 5) is 28.6. The number of phosphoric ester groups is 1. The second-order valence-corrected chi connectivity index (χ2v) is 7.68. The third kappa shape index (κ3) is 14.0. The average Bonchev–Trinajstić information content (AvgIpc) is 2.58. The number of aliphatic hydroxyl groups is 4. The van der Waals surface area contributed by atoms with Crippen LogP contribution in [0.1, 0.15) is 26.7 Å². The van der Waals surface area contributed by atoms with E-state index in [1.54, 1.807) is 19.1 Å². The minimum atomic E-state index is -5.06. The van der Waals surface area contributed by atoms with Crippen LogP contribution in [0.5, 0.6) is 0 Å². The maximum absolute atomic E-state index is 11.3. The number of carboxylic acids is 1. The molecule has 11 heteroatoms. The van der Waals surface area contributed by atoms with Gasteiger partial charge in [0.1, 0.15) is 17.5 Å². The van der Waals surface area contributed by atoms with Gasteiger partial charge in [0.15, 0.2) is 0 Å². The first kappa shape index (κ1) is 28.0. The number of hydrogen-bond acceptors (Lipinski definition) is 7. The number of allylic oxidation sites excluding steroid dienone is 4. The summed E-state index contributed by atoms with van der Waals surface area (Å²) in [6.45, 7) is 2.91. The number of carboxylic acid groups (broad SMARTS) is 1. The number of phosphoric acid groups is 1. The Morgan fingerprint density at radius 3 is 2.30 bits per heavy atom. The quantitative estimate of drug-likeness (QED) is 0.0716. The van der Waals surface area contributed by atoms with Gasteiger partial charge in [0.25, 0.3) is 0 Å². The normalized spacial score (nSPS) is 19.0. The standard InChI is InChI=1S/C19H29O10P/c1-3-4-5-7-15(21)12-16(22)13-17(29-30(26,27)28)19(2,25)11-10-14(20)8-6-9-18(23)24/h3-7,9-12,14,16-17,20-22,25H,8,13H2,1-2H3,(H,23,24)(H2,26,27,28)/b4-3+,7-5+,9-6+,11-10+,15-12-. The van der Waals surface area contributed by atoms with E-state index in [1.807, 2.05) is 0 Å². The van der Waals surface area contributed by atoms with Gasteiger partial charge >= 0.3 is 13.8 Å². The van der Waals surface area contributed by atoms with Crippen molar-refractivity contribution in [1.29, 1.82) is 0 Å². The van der Waals surface area contributed by atoms with Crippen molar-refractivity contribution in [3.8, 4) is 0 Å². The van der Waals surface area contributed by atoms with Crippen molar-refractivity contribution in [1.82, 2.24) is 0 Å². The van der Waals surface area contributed by atoms with Gasteiger partial charge in [-0.3, -0.25) is 4.52 Å². The Hall–Kier alpha value is -2.04. The highest BCUT2D eigenvalue weighted by atomic mass is 31.2. The van der Waals surface area contributed by atoms with E-state index in [-0.39, 0.29) is 12.2 Å². The van der Waals surface area contributed by atoms with Gasteiger partial charge in [0.05, 0.1) is 12.2 Å². The lowest BCUT2D eigenvalue weighted by Gasteiger charge is -2.31. The smallest absolute Gasteiger partial charge is 0.469 e. The fraction of sp³-hybridized carbons (Fsp3) is 0.421. The Balaban J connectivity index is 5.38. The highest BCUT2D eigenvalue weighted by Crippen LogP contribution is 2.41. The largest absolute Gasteiger partial charge is 0.508 e. The van der Waals surface area contributed by atoms with Gasteiger partial charge in [-0.25, -0.2) is 9.36 Å². The van der Waals surface area contributed by atoms with E-state index >= 15 is 0 Å². The van der Waals surface area contributed by atoms with Crippen LogP contribution in [-0.4, -0.2) is 65.2 Å². The molecule has 0 aromatic rings. The molecule has 0 heterocycles. The van der Waals surface area contributed by atoms with Crippen molar-refractivity contribution in [3.63, 3.8) is 0 Å². The van der Waals surface area contributed by atoms with Gasteiger partial charge in [-0.15, -0.1) is 0 Å². The molecule has 0 aromatic carbocycles. The van der Waals surface area contributed by atoms with E-state index in [4.69, 9.17) is 14.9 Å². The fourth-order valence-corrected chi connectivity index (χ4v) is 2.79. The van der Waals surface area contributed by atoms with E-state index in [0.717, 1.165) is 31.2 Å². The molecule has 4 unspecified atom stereocenters. The zero-order chi connectivity index (χ0) is 23.4. The topological polar surface area (TPSA) is 185 Å². The maximum atomic E-state index is 11.3. The van der Waals surface area contributed by atoms with E-state index in [0.29, 0.717) is 0 Å². The zero-order valence-electron chi connectivity index (χ0n) is 16.6. The van der Waals surface area contributed by atoms with Crippen molar-refractivity contribution < 1.29 is 49.2 Å². The molecule has 30 heavy (non-hydrogen) atoms. The molecule has 7 N–H and O–H groups in total. The molecule has 0 spiro atoms. The van der Waals surface area contributed by atoms with Crippen molar-refractivity contribution in [2.45, 2.75) is 50.6 Å². The summed E-state index contributed by atoms with van der Waals surface area (Å²) < 4.78 is 15.9. The van der Waals surface area contributed by atoms with Gasteiger partial charge < -0.3 is 35.3 Å². The maximum Gasteiger partial charge on any atom is 0.469 e. The fourth-order valence-electron chi connectivity index (χ4n) is 2.16. The average molecular weight is 448 g/mol. The molecule has 0 aliphatic carbocycles. The molecule has 0 amide bonds. The number of hydrogen-bond donors (Lipinski definition) is 7. The van der Waals surface area contributed by atoms with Gasteiger partial charge in [0.2, 0.25) is 0 Å². The monoisotopic (exact) mass is 448 g/mol. The molecular formula is C19H29O10P. The Kier molecular flexibility index (Phi) is 12.4. The van der Waals surface area contributed by atoms with E-state index in [9.17, 15) is 29.8 Å². The number of carbonyl (C=O) groups is 1. The predicted octanol–water partition coefficient (Wildman–Crippen LogP) is 1.49. The highest BCUT2D eigenvalue weighted by Gasteiger charge is 2.37. The van der Waals surface area contributed by atoms with Crippen LogP contribution >= 0.6 is 7.82 Å². The second kappa shape index (κ2) is 13.3. The molecule has 0 saturated heterocycles. The molecule has 0 aromatic heterocycles. The van der Waals surface area contributed by atoms with E-state index in [2.05, 4.69) is 4.52 Å². The molecule has 0 aliphatic rings. The summed E-state index contributed by atoms with van der Waals surface area (Å²) in [5.41, 5.74) is -2.04. The summed E-state index contributed by atoms with van der Waals surface area (Å²) in [6, 6.07) is 0. The minimum absolute atomic E-state index is 0.0827. The molecule has 0 rings (SSSR count). The SMILES string of the molecule is C/C=C/C=C/C(O)=C/C(O)CC(OP(=O)(O)O)C(C)(O)/C=C/C(O)C/C=C/C(=O)O. The van der Waals surface area contributed by atoms with Crippen LogP contribution in [0.3, 0.4) is 0 Å². The van der Waals surface area contributed by atoms with Crippen molar-refractivity contribution >= 4 is 13.8 Å². The van der Waals surface area contributed by atoms with Crippen LogP contribution in [0, 0.1) is 0 Å². The first-order valence-corrected chi connectivity index (χ1v) is 10.4. The molecule has 0 radical (unpaired) electrons. The Morgan fingerprint density at radius 2 is 1.77 bits per heavy atom. The Labute approximate surface area is 174 Å². The van der Waals surface area contributed by atoms with Crippen LogP contribution < -0.4 is 0 Å². The number of aliphatic carboxylic acids is 1. The molecule has 0 bridgehead atoms.